The molecule has 40 heavy (non-hydrogen) atoms. The lowest BCUT2D eigenvalue weighted by Crippen LogP contribution is -2.36. The molecule has 4 aromatic rings. The van der Waals surface area contributed by atoms with Crippen LogP contribution in [0.1, 0.15) is 18.0 Å². The first-order chi connectivity index (χ1) is 19.5. The van der Waals surface area contributed by atoms with Crippen molar-refractivity contribution in [3.05, 3.63) is 72.2 Å². The predicted octanol–water partition coefficient (Wildman–Crippen LogP) is 4.63. The Morgan fingerprint density at radius 3 is 2.52 bits per heavy atom. The van der Waals surface area contributed by atoms with Crippen molar-refractivity contribution in [3.8, 4) is 17.0 Å². The van der Waals surface area contributed by atoms with Gasteiger partial charge in [0.1, 0.15) is 29.5 Å². The smallest absolute Gasteiger partial charge is 0.158 e. The summed E-state index contributed by atoms with van der Waals surface area (Å²) in [5.41, 5.74) is 4.13. The van der Waals surface area contributed by atoms with Gasteiger partial charge in [-0.2, -0.15) is 5.10 Å². The van der Waals surface area contributed by atoms with Gasteiger partial charge in [0, 0.05) is 56.5 Å². The van der Waals surface area contributed by atoms with Gasteiger partial charge < -0.3 is 19.7 Å². The van der Waals surface area contributed by atoms with E-state index in [0.717, 1.165) is 36.1 Å². The maximum absolute atomic E-state index is 13.9. The summed E-state index contributed by atoms with van der Waals surface area (Å²) in [5, 5.41) is 9.30. The minimum absolute atomic E-state index is 0.389. The lowest BCUT2D eigenvalue weighted by molar-refractivity contribution is 0.122. The average Bonchev–Trinajstić information content (AvgIpc) is 3.62. The van der Waals surface area contributed by atoms with Gasteiger partial charge in [0.15, 0.2) is 5.82 Å². The molecule has 0 saturated carbocycles. The van der Waals surface area contributed by atoms with E-state index in [1.165, 1.54) is 18.5 Å². The molecule has 2 saturated heterocycles. The Morgan fingerprint density at radius 2 is 1.80 bits per heavy atom. The van der Waals surface area contributed by atoms with Crippen LogP contribution in [0.4, 0.5) is 31.8 Å². The fraction of sp³-hybridized carbons (Fsp3) is 0.321. The zero-order chi connectivity index (χ0) is 27.6. The molecule has 0 bridgehead atoms. The van der Waals surface area contributed by atoms with Crippen LogP contribution in [0, 0.1) is 11.6 Å². The second-order valence-corrected chi connectivity index (χ2v) is 9.56. The Morgan fingerprint density at radius 1 is 1.00 bits per heavy atom. The minimum atomic E-state index is -0.635. The van der Waals surface area contributed by atoms with E-state index in [0.29, 0.717) is 54.9 Å². The van der Waals surface area contributed by atoms with E-state index >= 15 is 0 Å². The van der Waals surface area contributed by atoms with Crippen molar-refractivity contribution in [2.24, 2.45) is 7.05 Å². The minimum Gasteiger partial charge on any atom is -0.494 e. The van der Waals surface area contributed by atoms with Crippen molar-refractivity contribution in [2.75, 3.05) is 55.3 Å². The zero-order valence-corrected chi connectivity index (χ0v) is 22.2. The Balaban J connectivity index is 1.34. The maximum Gasteiger partial charge on any atom is 0.158 e. The lowest BCUT2D eigenvalue weighted by atomic mass is 10.0. The highest BCUT2D eigenvalue weighted by Gasteiger charge is 2.30. The summed E-state index contributed by atoms with van der Waals surface area (Å²) in [6, 6.07) is 10.8. The molecule has 12 heteroatoms. The number of aromatic nitrogens is 4. The van der Waals surface area contributed by atoms with Gasteiger partial charge in [0.2, 0.25) is 0 Å². The standard InChI is InChI=1S/C28H29F2N7O3/c1-35-24(3-5-33-35)21-14-22(26(38-2)15-25(21)36-6-9-39-10-7-36)34-27-16-28(32-17-31-27)37-23(4-8-40-37)18-11-19(29)13-20(30)12-18/h3,5,11-17,23H,4,6-10H2,1-2H3,(H,31,32,34)/t23-/m1/s1. The van der Waals surface area contributed by atoms with Crippen molar-refractivity contribution in [1.82, 2.24) is 19.7 Å². The molecule has 2 aromatic carbocycles. The van der Waals surface area contributed by atoms with Crippen LogP contribution < -0.4 is 20.0 Å². The average molecular weight is 550 g/mol. The highest BCUT2D eigenvalue weighted by atomic mass is 19.1. The predicted molar refractivity (Wildman–Crippen MR) is 146 cm³/mol. The topological polar surface area (TPSA) is 89.8 Å². The molecule has 2 aliphatic heterocycles. The zero-order valence-electron chi connectivity index (χ0n) is 22.2. The van der Waals surface area contributed by atoms with E-state index in [1.807, 2.05) is 29.9 Å². The first kappa shape index (κ1) is 26.0. The van der Waals surface area contributed by atoms with Gasteiger partial charge in [-0.1, -0.05) is 0 Å². The van der Waals surface area contributed by atoms with Crippen LogP contribution in [-0.2, 0) is 16.6 Å². The van der Waals surface area contributed by atoms with Crippen molar-refractivity contribution in [3.63, 3.8) is 0 Å². The van der Waals surface area contributed by atoms with Crippen LogP contribution in [0.5, 0.6) is 5.75 Å². The summed E-state index contributed by atoms with van der Waals surface area (Å²) in [6.07, 6.45) is 3.74. The Hall–Kier alpha value is -4.29. The second-order valence-electron chi connectivity index (χ2n) is 9.56. The quantitative estimate of drug-likeness (QED) is 0.355. The highest BCUT2D eigenvalue weighted by molar-refractivity contribution is 5.84. The van der Waals surface area contributed by atoms with Crippen LogP contribution in [0.25, 0.3) is 11.3 Å². The molecule has 6 rings (SSSR count). The Kier molecular flexibility index (Phi) is 7.18. The maximum atomic E-state index is 13.9. The molecule has 2 fully saturated rings. The number of methoxy groups -OCH3 is 1. The normalized spacial score (nSPS) is 17.4. The van der Waals surface area contributed by atoms with E-state index < -0.39 is 17.7 Å². The second kappa shape index (κ2) is 11.1. The summed E-state index contributed by atoms with van der Waals surface area (Å²) < 4.78 is 41.1. The van der Waals surface area contributed by atoms with Crippen LogP contribution in [0.3, 0.4) is 0 Å². The van der Waals surface area contributed by atoms with Gasteiger partial charge >= 0.3 is 0 Å². The van der Waals surface area contributed by atoms with Crippen molar-refractivity contribution in [1.29, 1.82) is 0 Å². The number of morpholine rings is 1. The summed E-state index contributed by atoms with van der Waals surface area (Å²) in [5.74, 6) is 0.323. The molecule has 1 atom stereocenters. The van der Waals surface area contributed by atoms with Crippen LogP contribution in [0.15, 0.2) is 55.0 Å². The van der Waals surface area contributed by atoms with Crippen molar-refractivity contribution < 1.29 is 23.1 Å². The Bertz CT molecular complexity index is 1490. The molecule has 0 radical (unpaired) electrons. The summed E-state index contributed by atoms with van der Waals surface area (Å²) >= 11 is 0. The molecule has 10 nitrogen and oxygen atoms in total. The number of halogens is 2. The molecule has 4 heterocycles. The van der Waals surface area contributed by atoms with E-state index in [1.54, 1.807) is 24.4 Å². The third-order valence-electron chi connectivity index (χ3n) is 7.08. The van der Waals surface area contributed by atoms with Gasteiger partial charge in [-0.3, -0.25) is 9.52 Å². The number of hydroxylamine groups is 1. The number of rotatable bonds is 7. The number of aryl methyl sites for hydroxylation is 1. The fourth-order valence-corrected chi connectivity index (χ4v) is 5.18. The van der Waals surface area contributed by atoms with E-state index in [2.05, 4.69) is 25.3 Å². The molecule has 2 aliphatic rings. The number of ether oxygens (including phenoxy) is 2. The number of hydrogen-bond acceptors (Lipinski definition) is 9. The van der Waals surface area contributed by atoms with E-state index in [-0.39, 0.29) is 0 Å². The Labute approximate surface area is 230 Å². The number of benzene rings is 2. The van der Waals surface area contributed by atoms with Crippen LogP contribution in [0.2, 0.25) is 0 Å². The van der Waals surface area contributed by atoms with Crippen molar-refractivity contribution in [2.45, 2.75) is 12.5 Å². The van der Waals surface area contributed by atoms with Crippen LogP contribution >= 0.6 is 0 Å². The molecule has 0 amide bonds. The third-order valence-corrected chi connectivity index (χ3v) is 7.08. The molecule has 1 N–H and O–H groups in total. The van der Waals surface area contributed by atoms with Gasteiger partial charge in [-0.05, 0) is 29.8 Å². The molecule has 0 unspecified atom stereocenters. The molecule has 0 spiro atoms. The number of hydrogen-bond donors (Lipinski definition) is 1. The summed E-state index contributed by atoms with van der Waals surface area (Å²) in [6.45, 7) is 3.22. The van der Waals surface area contributed by atoms with Gasteiger partial charge in [0.05, 0.1) is 50.0 Å². The first-order valence-corrected chi connectivity index (χ1v) is 13.0. The SMILES string of the molecule is COc1cc(N2CCOCC2)c(-c2ccnn2C)cc1Nc1cc(N2OCC[C@@H]2c2cc(F)cc(F)c2)ncn1. The largest absolute Gasteiger partial charge is 0.494 e. The molecule has 208 valence electrons. The number of nitrogens with zero attached hydrogens (tertiary/aromatic N) is 6. The third kappa shape index (κ3) is 5.15. The fourth-order valence-electron chi connectivity index (χ4n) is 5.18. The lowest BCUT2D eigenvalue weighted by Gasteiger charge is -2.31. The first-order valence-electron chi connectivity index (χ1n) is 13.0. The molecule has 0 aliphatic carbocycles. The molecular weight excluding hydrogens is 520 g/mol. The van der Waals surface area contributed by atoms with Gasteiger partial charge in [0.25, 0.3) is 0 Å². The summed E-state index contributed by atoms with van der Waals surface area (Å²) in [4.78, 5) is 16.9. The van der Waals surface area contributed by atoms with Gasteiger partial charge in [-0.15, -0.1) is 0 Å². The van der Waals surface area contributed by atoms with E-state index in [9.17, 15) is 8.78 Å². The molecule has 2 aromatic heterocycles. The van der Waals surface area contributed by atoms with Crippen LogP contribution in [-0.4, -0.2) is 59.8 Å². The number of anilines is 4. The monoisotopic (exact) mass is 549 g/mol. The number of nitrogens with one attached hydrogen (secondary N) is 1. The molecular formula is C28H29F2N7O3. The van der Waals surface area contributed by atoms with Gasteiger partial charge in [-0.25, -0.2) is 23.8 Å². The highest BCUT2D eigenvalue weighted by Crippen LogP contribution is 2.41. The summed E-state index contributed by atoms with van der Waals surface area (Å²) in [7, 11) is 3.53. The van der Waals surface area contributed by atoms with Crippen molar-refractivity contribution >= 4 is 23.0 Å². The van der Waals surface area contributed by atoms with E-state index in [4.69, 9.17) is 14.3 Å².